The first kappa shape index (κ1) is 14.9. The summed E-state index contributed by atoms with van der Waals surface area (Å²) in [4.78, 5) is 2.53. The Kier molecular flexibility index (Phi) is 4.81. The Morgan fingerprint density at radius 1 is 1.29 bits per heavy atom. The largest absolute Gasteiger partial charge is 0.379 e. The monoisotopic (exact) mass is 288 g/mol. The van der Waals surface area contributed by atoms with Crippen molar-refractivity contribution in [2.24, 2.45) is 11.8 Å². The first-order valence-corrected chi connectivity index (χ1v) is 8.38. The number of ether oxygens (including phenoxy) is 1. The van der Waals surface area contributed by atoms with E-state index in [-0.39, 0.29) is 0 Å². The van der Waals surface area contributed by atoms with Crippen LogP contribution in [0.1, 0.15) is 32.3 Å². The third kappa shape index (κ3) is 3.98. The average Bonchev–Trinajstić information content (AvgIpc) is 3.30. The average molecular weight is 288 g/mol. The highest BCUT2D eigenvalue weighted by molar-refractivity contribution is 5.54. The van der Waals surface area contributed by atoms with Crippen molar-refractivity contribution in [2.45, 2.75) is 39.3 Å². The highest BCUT2D eigenvalue weighted by Gasteiger charge is 2.33. The standard InChI is InChI=1S/C18H28N2O/c1-14(2)13-21-10-9-20-12-17(15-7-8-15)19-11-16-5-3-4-6-18(16)20/h3-6,14-15,17,19H,7-13H2,1-2H3. The Bertz CT molecular complexity index is 456. The molecule has 3 rings (SSSR count). The van der Waals surface area contributed by atoms with Gasteiger partial charge in [-0.1, -0.05) is 32.0 Å². The van der Waals surface area contributed by atoms with Crippen molar-refractivity contribution in [1.29, 1.82) is 0 Å². The molecule has 1 saturated carbocycles. The summed E-state index contributed by atoms with van der Waals surface area (Å²) in [5.74, 6) is 1.50. The van der Waals surface area contributed by atoms with Crippen molar-refractivity contribution >= 4 is 5.69 Å². The van der Waals surface area contributed by atoms with Crippen LogP contribution in [0.4, 0.5) is 5.69 Å². The molecule has 1 aromatic rings. The summed E-state index contributed by atoms with van der Waals surface area (Å²) < 4.78 is 5.80. The van der Waals surface area contributed by atoms with Crippen molar-refractivity contribution in [3.05, 3.63) is 29.8 Å². The molecule has 0 amide bonds. The molecule has 116 valence electrons. The van der Waals surface area contributed by atoms with Crippen LogP contribution in [0.3, 0.4) is 0 Å². The zero-order valence-electron chi connectivity index (χ0n) is 13.3. The Morgan fingerprint density at radius 3 is 2.86 bits per heavy atom. The molecule has 1 atom stereocenters. The molecule has 0 spiro atoms. The lowest BCUT2D eigenvalue weighted by molar-refractivity contribution is 0.115. The van der Waals surface area contributed by atoms with Gasteiger partial charge in [0.25, 0.3) is 0 Å². The molecule has 2 aliphatic rings. The van der Waals surface area contributed by atoms with Gasteiger partial charge in [0, 0.05) is 38.0 Å². The number of fused-ring (bicyclic) bond motifs is 1. The van der Waals surface area contributed by atoms with Crippen LogP contribution in [0.25, 0.3) is 0 Å². The quantitative estimate of drug-likeness (QED) is 0.814. The number of nitrogens with zero attached hydrogens (tertiary/aromatic N) is 1. The van der Waals surface area contributed by atoms with E-state index in [0.717, 1.165) is 38.8 Å². The number of benzene rings is 1. The maximum atomic E-state index is 5.80. The topological polar surface area (TPSA) is 24.5 Å². The van der Waals surface area contributed by atoms with Gasteiger partial charge < -0.3 is 15.0 Å². The fourth-order valence-corrected chi connectivity index (χ4v) is 3.13. The molecular formula is C18H28N2O. The molecule has 21 heavy (non-hydrogen) atoms. The highest BCUT2D eigenvalue weighted by Crippen LogP contribution is 2.35. The molecule has 1 unspecified atom stereocenters. The molecule has 3 nitrogen and oxygen atoms in total. The van der Waals surface area contributed by atoms with E-state index in [1.54, 1.807) is 0 Å². The van der Waals surface area contributed by atoms with Gasteiger partial charge in [-0.2, -0.15) is 0 Å². The molecule has 1 heterocycles. The van der Waals surface area contributed by atoms with E-state index in [1.807, 2.05) is 0 Å². The lowest BCUT2D eigenvalue weighted by Crippen LogP contribution is -2.41. The third-order valence-electron chi connectivity index (χ3n) is 4.45. The summed E-state index contributed by atoms with van der Waals surface area (Å²) in [6.07, 6.45) is 2.79. The van der Waals surface area contributed by atoms with Gasteiger partial charge in [-0.3, -0.25) is 0 Å². The van der Waals surface area contributed by atoms with Crippen molar-refractivity contribution < 1.29 is 4.74 Å². The SMILES string of the molecule is CC(C)COCCN1CC(C2CC2)NCc2ccccc21. The van der Waals surface area contributed by atoms with Gasteiger partial charge in [-0.05, 0) is 36.3 Å². The molecule has 1 aliphatic carbocycles. The zero-order valence-corrected chi connectivity index (χ0v) is 13.3. The first-order chi connectivity index (χ1) is 10.2. The second kappa shape index (κ2) is 6.80. The first-order valence-electron chi connectivity index (χ1n) is 8.38. The summed E-state index contributed by atoms with van der Waals surface area (Å²) >= 11 is 0. The minimum absolute atomic E-state index is 0.613. The zero-order chi connectivity index (χ0) is 14.7. The molecule has 1 N–H and O–H groups in total. The number of nitrogens with one attached hydrogen (secondary N) is 1. The van der Waals surface area contributed by atoms with Crippen LogP contribution in [-0.4, -0.2) is 32.3 Å². The Hall–Kier alpha value is -1.06. The molecule has 0 radical (unpaired) electrons. The van der Waals surface area contributed by atoms with Gasteiger partial charge in [0.15, 0.2) is 0 Å². The Labute approximate surface area is 128 Å². The van der Waals surface area contributed by atoms with Gasteiger partial charge in [-0.25, -0.2) is 0 Å². The number of hydrogen-bond acceptors (Lipinski definition) is 3. The molecular weight excluding hydrogens is 260 g/mol. The minimum Gasteiger partial charge on any atom is -0.379 e. The van der Waals surface area contributed by atoms with Crippen LogP contribution in [0, 0.1) is 11.8 Å². The van der Waals surface area contributed by atoms with E-state index in [1.165, 1.54) is 24.1 Å². The van der Waals surface area contributed by atoms with Crippen LogP contribution < -0.4 is 10.2 Å². The van der Waals surface area contributed by atoms with Crippen molar-refractivity contribution in [1.82, 2.24) is 5.32 Å². The summed E-state index contributed by atoms with van der Waals surface area (Å²) in [5.41, 5.74) is 2.81. The van der Waals surface area contributed by atoms with E-state index in [2.05, 4.69) is 48.3 Å². The van der Waals surface area contributed by atoms with Crippen LogP contribution in [0.5, 0.6) is 0 Å². The fraction of sp³-hybridized carbons (Fsp3) is 0.667. The van der Waals surface area contributed by atoms with E-state index in [9.17, 15) is 0 Å². The number of rotatable bonds is 6. The molecule has 1 aromatic carbocycles. The molecule has 0 saturated heterocycles. The number of anilines is 1. The summed E-state index contributed by atoms with van der Waals surface area (Å²) in [6.45, 7) is 9.20. The van der Waals surface area contributed by atoms with Gasteiger partial charge in [0.2, 0.25) is 0 Å². The predicted molar refractivity (Wildman–Crippen MR) is 87.7 cm³/mol. The summed E-state index contributed by atoms with van der Waals surface area (Å²) in [7, 11) is 0. The summed E-state index contributed by atoms with van der Waals surface area (Å²) in [6, 6.07) is 9.44. The van der Waals surface area contributed by atoms with Crippen molar-refractivity contribution in [2.75, 3.05) is 31.2 Å². The molecule has 3 heteroatoms. The normalized spacial score (nSPS) is 22.2. The third-order valence-corrected chi connectivity index (χ3v) is 4.45. The van der Waals surface area contributed by atoms with E-state index >= 15 is 0 Å². The number of para-hydroxylation sites is 1. The second-order valence-electron chi connectivity index (χ2n) is 6.87. The summed E-state index contributed by atoms with van der Waals surface area (Å²) in [5, 5.41) is 3.76. The molecule has 1 fully saturated rings. The molecule has 0 aromatic heterocycles. The minimum atomic E-state index is 0.613. The van der Waals surface area contributed by atoms with Gasteiger partial charge in [0.1, 0.15) is 0 Å². The predicted octanol–water partition coefficient (Wildman–Crippen LogP) is 3.05. The maximum absolute atomic E-state index is 5.80. The van der Waals surface area contributed by atoms with E-state index in [0.29, 0.717) is 12.0 Å². The number of hydrogen-bond donors (Lipinski definition) is 1. The van der Waals surface area contributed by atoms with Crippen LogP contribution in [-0.2, 0) is 11.3 Å². The van der Waals surface area contributed by atoms with Crippen molar-refractivity contribution in [3.8, 4) is 0 Å². The van der Waals surface area contributed by atoms with E-state index in [4.69, 9.17) is 4.74 Å². The lowest BCUT2D eigenvalue weighted by atomic mass is 10.1. The van der Waals surface area contributed by atoms with Crippen LogP contribution in [0.2, 0.25) is 0 Å². The molecule has 1 aliphatic heterocycles. The fourth-order valence-electron chi connectivity index (χ4n) is 3.13. The lowest BCUT2D eigenvalue weighted by Gasteiger charge is -2.28. The van der Waals surface area contributed by atoms with Crippen molar-refractivity contribution in [3.63, 3.8) is 0 Å². The maximum Gasteiger partial charge on any atom is 0.0641 e. The van der Waals surface area contributed by atoms with Gasteiger partial charge in [0.05, 0.1) is 6.61 Å². The highest BCUT2D eigenvalue weighted by atomic mass is 16.5. The van der Waals surface area contributed by atoms with Crippen LogP contribution >= 0.6 is 0 Å². The van der Waals surface area contributed by atoms with Gasteiger partial charge in [-0.15, -0.1) is 0 Å². The smallest absolute Gasteiger partial charge is 0.0641 e. The van der Waals surface area contributed by atoms with E-state index < -0.39 is 0 Å². The second-order valence-corrected chi connectivity index (χ2v) is 6.87. The Morgan fingerprint density at radius 2 is 2.10 bits per heavy atom. The van der Waals surface area contributed by atoms with Crippen LogP contribution in [0.15, 0.2) is 24.3 Å². The van der Waals surface area contributed by atoms with Gasteiger partial charge >= 0.3 is 0 Å². The Balaban J connectivity index is 1.65. The molecule has 0 bridgehead atoms.